The second kappa shape index (κ2) is 4.60. The van der Waals surface area contributed by atoms with Gasteiger partial charge < -0.3 is 4.74 Å². The zero-order chi connectivity index (χ0) is 8.81. The maximum absolute atomic E-state index is 5.44. The highest BCUT2D eigenvalue weighted by atomic mass is 16.5. The van der Waals surface area contributed by atoms with Gasteiger partial charge in [-0.3, -0.25) is 0 Å². The van der Waals surface area contributed by atoms with Gasteiger partial charge in [0.15, 0.2) is 0 Å². The largest absolute Gasteiger partial charge is 0.494 e. The van der Waals surface area contributed by atoms with Gasteiger partial charge in [-0.05, 0) is 25.5 Å². The molecule has 1 aromatic rings. The van der Waals surface area contributed by atoms with Crippen molar-refractivity contribution in [3.8, 4) is 0 Å². The highest BCUT2D eigenvalue weighted by Gasteiger charge is 1.90. The van der Waals surface area contributed by atoms with Crippen LogP contribution in [-0.4, -0.2) is 0 Å². The first-order valence-corrected chi connectivity index (χ1v) is 4.12. The standard InChI is InChI=1S/C11H14O/c1-3-10(2)12-9-11-7-5-4-6-8-11/h3-8H,9H2,1-2H3. The molecule has 0 spiro atoms. The van der Waals surface area contributed by atoms with Crippen molar-refractivity contribution in [1.82, 2.24) is 0 Å². The zero-order valence-electron chi connectivity index (χ0n) is 7.58. The molecular weight excluding hydrogens is 148 g/mol. The van der Waals surface area contributed by atoms with Gasteiger partial charge >= 0.3 is 0 Å². The van der Waals surface area contributed by atoms with Gasteiger partial charge in [0.05, 0.1) is 5.76 Å². The van der Waals surface area contributed by atoms with Gasteiger partial charge in [0, 0.05) is 0 Å². The average molecular weight is 162 g/mol. The normalized spacial score (nSPS) is 11.3. The van der Waals surface area contributed by atoms with Crippen LogP contribution < -0.4 is 0 Å². The minimum Gasteiger partial charge on any atom is -0.494 e. The predicted octanol–water partition coefficient (Wildman–Crippen LogP) is 3.13. The third-order valence-electron chi connectivity index (χ3n) is 1.72. The van der Waals surface area contributed by atoms with Gasteiger partial charge in [0.25, 0.3) is 0 Å². The van der Waals surface area contributed by atoms with E-state index in [4.69, 9.17) is 4.74 Å². The second-order valence-electron chi connectivity index (χ2n) is 2.67. The molecule has 12 heavy (non-hydrogen) atoms. The Kier molecular flexibility index (Phi) is 3.39. The molecule has 0 aromatic heterocycles. The summed E-state index contributed by atoms with van der Waals surface area (Å²) in [4.78, 5) is 0. The minimum atomic E-state index is 0.664. The van der Waals surface area contributed by atoms with Crippen LogP contribution in [0.4, 0.5) is 0 Å². The molecule has 0 atom stereocenters. The smallest absolute Gasteiger partial charge is 0.113 e. The van der Waals surface area contributed by atoms with Gasteiger partial charge in [-0.2, -0.15) is 0 Å². The fourth-order valence-electron chi connectivity index (χ4n) is 0.855. The maximum Gasteiger partial charge on any atom is 0.113 e. The first kappa shape index (κ1) is 8.85. The van der Waals surface area contributed by atoms with Crippen LogP contribution in [0, 0.1) is 0 Å². The summed E-state index contributed by atoms with van der Waals surface area (Å²) in [6, 6.07) is 10.2. The lowest BCUT2D eigenvalue weighted by atomic mass is 10.2. The molecule has 0 unspecified atom stereocenters. The average Bonchev–Trinajstić information content (AvgIpc) is 2.16. The lowest BCUT2D eigenvalue weighted by Crippen LogP contribution is -1.89. The highest BCUT2D eigenvalue weighted by molar-refractivity contribution is 5.13. The van der Waals surface area contributed by atoms with E-state index in [1.165, 1.54) is 5.56 Å². The number of rotatable bonds is 3. The fourth-order valence-corrected chi connectivity index (χ4v) is 0.855. The van der Waals surface area contributed by atoms with E-state index >= 15 is 0 Å². The van der Waals surface area contributed by atoms with Gasteiger partial charge in [0.2, 0.25) is 0 Å². The molecule has 0 aliphatic heterocycles. The van der Waals surface area contributed by atoms with Crippen molar-refractivity contribution in [2.45, 2.75) is 20.5 Å². The Balaban J connectivity index is 2.44. The number of hydrogen-bond acceptors (Lipinski definition) is 1. The maximum atomic E-state index is 5.44. The van der Waals surface area contributed by atoms with Crippen LogP contribution >= 0.6 is 0 Å². The van der Waals surface area contributed by atoms with E-state index in [0.29, 0.717) is 6.61 Å². The van der Waals surface area contributed by atoms with E-state index < -0.39 is 0 Å². The lowest BCUT2D eigenvalue weighted by Gasteiger charge is -2.04. The molecular formula is C11H14O. The van der Waals surface area contributed by atoms with Gasteiger partial charge in [-0.25, -0.2) is 0 Å². The second-order valence-corrected chi connectivity index (χ2v) is 2.67. The number of ether oxygens (including phenoxy) is 1. The Morgan fingerprint density at radius 1 is 1.33 bits per heavy atom. The molecule has 0 aliphatic carbocycles. The Morgan fingerprint density at radius 3 is 2.58 bits per heavy atom. The predicted molar refractivity (Wildman–Crippen MR) is 50.7 cm³/mol. The molecule has 1 nitrogen and oxygen atoms in total. The zero-order valence-corrected chi connectivity index (χ0v) is 7.58. The molecule has 0 N–H and O–H groups in total. The summed E-state index contributed by atoms with van der Waals surface area (Å²) >= 11 is 0. The summed E-state index contributed by atoms with van der Waals surface area (Å²) in [5, 5.41) is 0. The highest BCUT2D eigenvalue weighted by Crippen LogP contribution is 2.04. The van der Waals surface area contributed by atoms with Crippen molar-refractivity contribution >= 4 is 0 Å². The molecule has 0 fully saturated rings. The number of allylic oxidation sites excluding steroid dienone is 2. The molecule has 0 radical (unpaired) electrons. The number of hydrogen-bond donors (Lipinski definition) is 0. The minimum absolute atomic E-state index is 0.664. The van der Waals surface area contributed by atoms with Crippen LogP contribution in [0.5, 0.6) is 0 Å². The third-order valence-corrected chi connectivity index (χ3v) is 1.72. The Bertz CT molecular complexity index is 249. The molecule has 0 saturated heterocycles. The quantitative estimate of drug-likeness (QED) is 0.620. The third kappa shape index (κ3) is 2.79. The molecule has 0 heterocycles. The molecule has 1 rings (SSSR count). The first-order chi connectivity index (χ1) is 5.83. The lowest BCUT2D eigenvalue weighted by molar-refractivity contribution is 0.200. The molecule has 64 valence electrons. The van der Waals surface area contributed by atoms with E-state index in [-0.39, 0.29) is 0 Å². The number of benzene rings is 1. The molecule has 0 aliphatic rings. The summed E-state index contributed by atoms with van der Waals surface area (Å²) in [5.74, 6) is 0.971. The molecule has 1 heteroatoms. The summed E-state index contributed by atoms with van der Waals surface area (Å²) in [7, 11) is 0. The molecule has 1 aromatic carbocycles. The Labute approximate surface area is 73.7 Å². The van der Waals surface area contributed by atoms with E-state index in [1.54, 1.807) is 0 Å². The van der Waals surface area contributed by atoms with Gasteiger partial charge in [-0.15, -0.1) is 0 Å². The molecule has 0 saturated carbocycles. The van der Waals surface area contributed by atoms with Gasteiger partial charge in [0.1, 0.15) is 6.61 Å². The van der Waals surface area contributed by atoms with Gasteiger partial charge in [-0.1, -0.05) is 30.3 Å². The molecule has 0 bridgehead atoms. The van der Waals surface area contributed by atoms with Crippen molar-refractivity contribution in [3.05, 3.63) is 47.7 Å². The van der Waals surface area contributed by atoms with Crippen molar-refractivity contribution in [2.75, 3.05) is 0 Å². The van der Waals surface area contributed by atoms with E-state index in [9.17, 15) is 0 Å². The van der Waals surface area contributed by atoms with Crippen molar-refractivity contribution in [1.29, 1.82) is 0 Å². The summed E-state index contributed by atoms with van der Waals surface area (Å²) in [5.41, 5.74) is 1.21. The molecule has 0 amide bonds. The fraction of sp³-hybridized carbons (Fsp3) is 0.273. The van der Waals surface area contributed by atoms with Crippen LogP contribution in [0.25, 0.3) is 0 Å². The first-order valence-electron chi connectivity index (χ1n) is 4.12. The van der Waals surface area contributed by atoms with E-state index in [1.807, 2.05) is 38.1 Å². The Hall–Kier alpha value is -1.24. The SMILES string of the molecule is CC=C(C)OCc1ccccc1. The van der Waals surface area contributed by atoms with Crippen LogP contribution in [0.3, 0.4) is 0 Å². The Morgan fingerprint density at radius 2 is 2.00 bits per heavy atom. The van der Waals surface area contributed by atoms with Crippen molar-refractivity contribution < 1.29 is 4.74 Å². The summed E-state index contributed by atoms with van der Waals surface area (Å²) in [6.07, 6.45) is 1.96. The van der Waals surface area contributed by atoms with Crippen molar-refractivity contribution in [2.24, 2.45) is 0 Å². The van der Waals surface area contributed by atoms with Crippen LogP contribution in [-0.2, 0) is 11.3 Å². The van der Waals surface area contributed by atoms with Crippen molar-refractivity contribution in [3.63, 3.8) is 0 Å². The monoisotopic (exact) mass is 162 g/mol. The topological polar surface area (TPSA) is 9.23 Å². The summed E-state index contributed by atoms with van der Waals surface area (Å²) in [6.45, 7) is 4.60. The summed E-state index contributed by atoms with van der Waals surface area (Å²) < 4.78 is 5.44. The van der Waals surface area contributed by atoms with Crippen LogP contribution in [0.1, 0.15) is 19.4 Å². The van der Waals surface area contributed by atoms with E-state index in [0.717, 1.165) is 5.76 Å². The van der Waals surface area contributed by atoms with Crippen LogP contribution in [0.2, 0.25) is 0 Å². The van der Waals surface area contributed by atoms with Crippen LogP contribution in [0.15, 0.2) is 42.2 Å². The van der Waals surface area contributed by atoms with E-state index in [2.05, 4.69) is 12.1 Å².